The number of fused-ring (bicyclic) bond motifs is 1. The first-order chi connectivity index (χ1) is 7.17. The molecule has 76 valence electrons. The van der Waals surface area contributed by atoms with Crippen LogP contribution in [0.1, 0.15) is 11.3 Å². The van der Waals surface area contributed by atoms with E-state index < -0.39 is 0 Å². The lowest BCUT2D eigenvalue weighted by Gasteiger charge is -2.03. The second-order valence-corrected chi connectivity index (χ2v) is 3.95. The van der Waals surface area contributed by atoms with Gasteiger partial charge in [0.25, 0.3) is 0 Å². The highest BCUT2D eigenvalue weighted by Gasteiger charge is 2.14. The van der Waals surface area contributed by atoms with Crippen LogP contribution < -0.4 is 4.74 Å². The number of furan rings is 1. The molecule has 3 nitrogen and oxygen atoms in total. The summed E-state index contributed by atoms with van der Waals surface area (Å²) < 4.78 is 11.4. The zero-order chi connectivity index (χ0) is 11.0. The molecule has 0 bridgehead atoms. The molecule has 2 rings (SSSR count). The van der Waals surface area contributed by atoms with E-state index in [9.17, 15) is 0 Å². The zero-order valence-electron chi connectivity index (χ0n) is 8.30. The van der Waals surface area contributed by atoms with Crippen LogP contribution in [0, 0.1) is 18.3 Å². The Morgan fingerprint density at radius 1 is 1.47 bits per heavy atom. The van der Waals surface area contributed by atoms with Crippen molar-refractivity contribution < 1.29 is 9.15 Å². The largest absolute Gasteiger partial charge is 0.493 e. The Kier molecular flexibility index (Phi) is 2.41. The van der Waals surface area contributed by atoms with Crippen LogP contribution in [-0.2, 0) is 0 Å². The summed E-state index contributed by atoms with van der Waals surface area (Å²) in [6.07, 6.45) is 0. The Morgan fingerprint density at radius 3 is 2.80 bits per heavy atom. The number of aryl methyl sites for hydroxylation is 1. The van der Waals surface area contributed by atoms with E-state index in [0.717, 1.165) is 15.6 Å². The van der Waals surface area contributed by atoms with Crippen molar-refractivity contribution in [3.05, 3.63) is 27.9 Å². The summed E-state index contributed by atoms with van der Waals surface area (Å²) in [7, 11) is 1.56. The molecule has 0 atom stereocenters. The summed E-state index contributed by atoms with van der Waals surface area (Å²) in [4.78, 5) is 0. The number of benzene rings is 1. The standard InChI is InChI=1S/C11H8BrNO2/c1-6-3-8-10(12)7(5-13)4-9(14-2)11(8)15-6/h3-4H,1-2H3. The van der Waals surface area contributed by atoms with Crippen molar-refractivity contribution in [2.24, 2.45) is 0 Å². The van der Waals surface area contributed by atoms with Gasteiger partial charge in [0.2, 0.25) is 0 Å². The van der Waals surface area contributed by atoms with Gasteiger partial charge in [0.05, 0.1) is 12.7 Å². The van der Waals surface area contributed by atoms with Gasteiger partial charge in [-0.25, -0.2) is 0 Å². The summed E-state index contributed by atoms with van der Waals surface area (Å²) in [5.41, 5.74) is 1.21. The van der Waals surface area contributed by atoms with Crippen LogP contribution in [0.3, 0.4) is 0 Å². The van der Waals surface area contributed by atoms with Gasteiger partial charge in [0.1, 0.15) is 11.8 Å². The molecule has 4 heteroatoms. The second-order valence-electron chi connectivity index (χ2n) is 3.15. The van der Waals surface area contributed by atoms with Crippen molar-refractivity contribution in [2.45, 2.75) is 6.92 Å². The first-order valence-electron chi connectivity index (χ1n) is 4.34. The highest BCUT2D eigenvalue weighted by molar-refractivity contribution is 9.10. The number of hydrogen-bond acceptors (Lipinski definition) is 3. The summed E-state index contributed by atoms with van der Waals surface area (Å²) in [5.74, 6) is 1.37. The average molecular weight is 266 g/mol. The minimum Gasteiger partial charge on any atom is -0.493 e. The predicted octanol–water partition coefficient (Wildman–Crippen LogP) is 3.38. The Morgan fingerprint density at radius 2 is 2.20 bits per heavy atom. The number of rotatable bonds is 1. The molecule has 1 aromatic carbocycles. The van der Waals surface area contributed by atoms with Crippen LogP contribution in [0.15, 0.2) is 21.0 Å². The molecule has 0 amide bonds. The third-order valence-corrected chi connectivity index (χ3v) is 3.02. The molecule has 0 aliphatic heterocycles. The van der Waals surface area contributed by atoms with Gasteiger partial charge in [-0.05, 0) is 28.9 Å². The molecule has 0 spiro atoms. The van der Waals surface area contributed by atoms with Crippen molar-refractivity contribution >= 4 is 26.9 Å². The van der Waals surface area contributed by atoms with Gasteiger partial charge in [-0.1, -0.05) is 0 Å². The summed E-state index contributed by atoms with van der Waals surface area (Å²) >= 11 is 3.38. The SMILES string of the molecule is COc1cc(C#N)c(Br)c2cc(C)oc12. The van der Waals surface area contributed by atoms with Crippen molar-refractivity contribution in [3.8, 4) is 11.8 Å². The van der Waals surface area contributed by atoms with Crippen LogP contribution in [0.2, 0.25) is 0 Å². The third kappa shape index (κ3) is 1.49. The van der Waals surface area contributed by atoms with Gasteiger partial charge in [-0.2, -0.15) is 5.26 Å². The molecule has 0 N–H and O–H groups in total. The summed E-state index contributed by atoms with van der Waals surface area (Å²) in [6, 6.07) is 5.64. The molecule has 0 aliphatic carbocycles. The number of nitrogens with zero attached hydrogens (tertiary/aromatic N) is 1. The highest BCUT2D eigenvalue weighted by Crippen LogP contribution is 2.36. The van der Waals surface area contributed by atoms with E-state index in [2.05, 4.69) is 22.0 Å². The number of nitriles is 1. The molecular weight excluding hydrogens is 258 g/mol. The summed E-state index contributed by atoms with van der Waals surface area (Å²) in [6.45, 7) is 1.86. The molecule has 0 unspecified atom stereocenters. The number of ether oxygens (including phenoxy) is 1. The fourth-order valence-electron chi connectivity index (χ4n) is 1.50. The fourth-order valence-corrected chi connectivity index (χ4v) is 2.00. The van der Waals surface area contributed by atoms with E-state index in [1.807, 2.05) is 13.0 Å². The molecule has 0 radical (unpaired) electrons. The predicted molar refractivity (Wildman–Crippen MR) is 59.9 cm³/mol. The molecule has 15 heavy (non-hydrogen) atoms. The van der Waals surface area contributed by atoms with E-state index in [1.54, 1.807) is 13.2 Å². The lowest BCUT2D eigenvalue weighted by atomic mass is 10.1. The lowest BCUT2D eigenvalue weighted by Crippen LogP contribution is -1.86. The molecule has 0 saturated carbocycles. The van der Waals surface area contributed by atoms with E-state index in [0.29, 0.717) is 16.9 Å². The monoisotopic (exact) mass is 265 g/mol. The van der Waals surface area contributed by atoms with Crippen molar-refractivity contribution in [2.75, 3.05) is 7.11 Å². The van der Waals surface area contributed by atoms with Crippen molar-refractivity contribution in [1.29, 1.82) is 5.26 Å². The quantitative estimate of drug-likeness (QED) is 0.794. The Balaban J connectivity index is 2.90. The molecule has 0 fully saturated rings. The van der Waals surface area contributed by atoms with Gasteiger partial charge in [-0.15, -0.1) is 0 Å². The fraction of sp³-hybridized carbons (Fsp3) is 0.182. The smallest absolute Gasteiger partial charge is 0.177 e. The van der Waals surface area contributed by atoms with Crippen molar-refractivity contribution in [1.82, 2.24) is 0 Å². The first kappa shape index (κ1) is 10.1. The molecule has 1 heterocycles. The zero-order valence-corrected chi connectivity index (χ0v) is 9.88. The first-order valence-corrected chi connectivity index (χ1v) is 5.13. The van der Waals surface area contributed by atoms with E-state index in [4.69, 9.17) is 14.4 Å². The van der Waals surface area contributed by atoms with Gasteiger partial charge in [0, 0.05) is 15.9 Å². The minimum absolute atomic E-state index is 0.542. The third-order valence-electron chi connectivity index (χ3n) is 2.17. The van der Waals surface area contributed by atoms with Crippen LogP contribution in [0.25, 0.3) is 11.0 Å². The second kappa shape index (κ2) is 3.59. The Hall–Kier alpha value is -1.47. The van der Waals surface area contributed by atoms with Crippen LogP contribution in [0.5, 0.6) is 5.75 Å². The van der Waals surface area contributed by atoms with E-state index >= 15 is 0 Å². The van der Waals surface area contributed by atoms with Crippen molar-refractivity contribution in [3.63, 3.8) is 0 Å². The Labute approximate surface area is 95.4 Å². The molecule has 0 aliphatic rings. The highest BCUT2D eigenvalue weighted by atomic mass is 79.9. The van der Waals surface area contributed by atoms with E-state index in [-0.39, 0.29) is 0 Å². The van der Waals surface area contributed by atoms with Crippen LogP contribution >= 0.6 is 15.9 Å². The maximum absolute atomic E-state index is 8.94. The van der Waals surface area contributed by atoms with Gasteiger partial charge >= 0.3 is 0 Å². The minimum atomic E-state index is 0.542. The maximum Gasteiger partial charge on any atom is 0.177 e. The summed E-state index contributed by atoms with van der Waals surface area (Å²) in [5, 5.41) is 9.80. The number of hydrogen-bond donors (Lipinski definition) is 0. The van der Waals surface area contributed by atoms with Gasteiger partial charge < -0.3 is 9.15 Å². The molecule has 0 saturated heterocycles. The topological polar surface area (TPSA) is 46.2 Å². The molecular formula is C11H8BrNO2. The number of halogens is 1. The normalized spacial score (nSPS) is 10.3. The van der Waals surface area contributed by atoms with Gasteiger partial charge in [0.15, 0.2) is 11.3 Å². The molecule has 1 aromatic heterocycles. The maximum atomic E-state index is 8.94. The lowest BCUT2D eigenvalue weighted by molar-refractivity contribution is 0.408. The van der Waals surface area contributed by atoms with Gasteiger partial charge in [-0.3, -0.25) is 0 Å². The molecule has 2 aromatic rings. The van der Waals surface area contributed by atoms with Crippen LogP contribution in [0.4, 0.5) is 0 Å². The van der Waals surface area contributed by atoms with Crippen LogP contribution in [-0.4, -0.2) is 7.11 Å². The Bertz CT molecular complexity index is 566. The van der Waals surface area contributed by atoms with E-state index in [1.165, 1.54) is 0 Å². The average Bonchev–Trinajstić information content (AvgIpc) is 2.61. The number of methoxy groups -OCH3 is 1.